The van der Waals surface area contributed by atoms with Gasteiger partial charge in [0.2, 0.25) is 0 Å². The molecule has 1 heteroatoms. The second kappa shape index (κ2) is 7.26. The molecule has 1 rings (SSSR count). The van der Waals surface area contributed by atoms with Crippen LogP contribution in [-0.4, -0.2) is 12.8 Å². The minimum atomic E-state index is 0.623. The normalized spacial score (nSPS) is 12.2. The summed E-state index contributed by atoms with van der Waals surface area (Å²) in [6.07, 6.45) is 4.95. The van der Waals surface area contributed by atoms with Crippen LogP contribution in [0, 0.1) is 12.8 Å². The van der Waals surface area contributed by atoms with Gasteiger partial charge in [0.25, 0.3) is 0 Å². The van der Waals surface area contributed by atoms with Gasteiger partial charge in [0.15, 0.2) is 0 Å². The number of aryl methyl sites for hydroxylation is 1. The van der Waals surface area contributed by atoms with Crippen molar-refractivity contribution in [2.45, 2.75) is 46.5 Å². The third-order valence-corrected chi connectivity index (χ3v) is 3.25. The van der Waals surface area contributed by atoms with Crippen molar-refractivity contribution >= 4 is 5.71 Å². The average Bonchev–Trinajstić information content (AvgIpc) is 2.33. The molecule has 17 heavy (non-hydrogen) atoms. The van der Waals surface area contributed by atoms with Gasteiger partial charge in [-0.25, -0.2) is 0 Å². The van der Waals surface area contributed by atoms with Crippen LogP contribution in [0.5, 0.6) is 0 Å². The van der Waals surface area contributed by atoms with Gasteiger partial charge >= 0.3 is 0 Å². The van der Waals surface area contributed by atoms with Crippen molar-refractivity contribution in [1.29, 1.82) is 0 Å². The van der Waals surface area contributed by atoms with Crippen LogP contribution >= 0.6 is 0 Å². The predicted octanol–water partition coefficient (Wildman–Crippen LogP) is 4.63. The van der Waals surface area contributed by atoms with E-state index in [0.717, 1.165) is 0 Å². The van der Waals surface area contributed by atoms with E-state index < -0.39 is 0 Å². The number of hydrogen-bond donors (Lipinski definition) is 0. The summed E-state index contributed by atoms with van der Waals surface area (Å²) < 4.78 is 0. The van der Waals surface area contributed by atoms with Gasteiger partial charge in [-0.3, -0.25) is 4.99 Å². The topological polar surface area (TPSA) is 12.4 Å². The van der Waals surface area contributed by atoms with Gasteiger partial charge in [0.05, 0.1) is 0 Å². The lowest BCUT2D eigenvalue weighted by Crippen LogP contribution is -2.16. The molecule has 0 bridgehead atoms. The van der Waals surface area contributed by atoms with Crippen molar-refractivity contribution in [3.63, 3.8) is 0 Å². The summed E-state index contributed by atoms with van der Waals surface area (Å²) in [4.78, 5) is 4.54. The zero-order chi connectivity index (χ0) is 12.7. The Labute approximate surface area is 106 Å². The fourth-order valence-corrected chi connectivity index (χ4v) is 2.39. The molecule has 0 saturated carbocycles. The fraction of sp³-hybridized carbons (Fsp3) is 0.562. The molecular weight excluding hydrogens is 206 g/mol. The lowest BCUT2D eigenvalue weighted by atomic mass is 9.88. The molecule has 0 aliphatic rings. The zero-order valence-electron chi connectivity index (χ0n) is 11.7. The van der Waals surface area contributed by atoms with E-state index in [1.54, 1.807) is 0 Å². The van der Waals surface area contributed by atoms with E-state index in [1.807, 2.05) is 7.05 Å². The minimum absolute atomic E-state index is 0.623. The van der Waals surface area contributed by atoms with Crippen LogP contribution in [0.15, 0.2) is 29.3 Å². The first-order chi connectivity index (χ1) is 8.22. The summed E-state index contributed by atoms with van der Waals surface area (Å²) in [5.74, 6) is 0.623. The van der Waals surface area contributed by atoms with Crippen LogP contribution in [0.4, 0.5) is 0 Å². The largest absolute Gasteiger partial charge is 0.292 e. The molecule has 0 spiro atoms. The summed E-state index contributed by atoms with van der Waals surface area (Å²) >= 11 is 0. The molecule has 1 nitrogen and oxygen atoms in total. The third-order valence-electron chi connectivity index (χ3n) is 3.25. The van der Waals surface area contributed by atoms with Crippen LogP contribution in [0.3, 0.4) is 0 Å². The highest BCUT2D eigenvalue weighted by Gasteiger charge is 2.15. The zero-order valence-corrected chi connectivity index (χ0v) is 11.7. The van der Waals surface area contributed by atoms with E-state index in [2.05, 4.69) is 50.0 Å². The summed E-state index contributed by atoms with van der Waals surface area (Å²) in [6, 6.07) is 8.76. The quantitative estimate of drug-likeness (QED) is 0.633. The number of rotatable bonds is 6. The maximum Gasteiger partial charge on any atom is 0.0447 e. The number of hydrogen-bond acceptors (Lipinski definition) is 1. The summed E-state index contributed by atoms with van der Waals surface area (Å²) in [6.45, 7) is 6.64. The number of benzene rings is 1. The number of nitrogens with zero attached hydrogens (tertiary/aromatic N) is 1. The van der Waals surface area contributed by atoms with Crippen LogP contribution in [0.25, 0.3) is 0 Å². The molecule has 0 aliphatic heterocycles. The molecule has 0 heterocycles. The molecule has 0 unspecified atom stereocenters. The van der Waals surface area contributed by atoms with Gasteiger partial charge in [0, 0.05) is 18.7 Å². The Hall–Kier alpha value is -1.11. The molecule has 0 N–H and O–H groups in total. The highest BCUT2D eigenvalue weighted by molar-refractivity contribution is 6.02. The maximum absolute atomic E-state index is 4.54. The van der Waals surface area contributed by atoms with E-state index in [4.69, 9.17) is 0 Å². The third kappa shape index (κ3) is 3.99. The van der Waals surface area contributed by atoms with E-state index in [9.17, 15) is 0 Å². The molecule has 0 aliphatic carbocycles. The predicted molar refractivity (Wildman–Crippen MR) is 76.9 cm³/mol. The van der Waals surface area contributed by atoms with Crippen molar-refractivity contribution < 1.29 is 0 Å². The Morgan fingerprint density at radius 2 is 1.59 bits per heavy atom. The Morgan fingerprint density at radius 3 is 2.00 bits per heavy atom. The van der Waals surface area contributed by atoms with Crippen molar-refractivity contribution in [2.75, 3.05) is 7.05 Å². The molecule has 1 aromatic rings. The van der Waals surface area contributed by atoms with E-state index in [-0.39, 0.29) is 0 Å². The van der Waals surface area contributed by atoms with Gasteiger partial charge in [-0.05, 0) is 25.3 Å². The van der Waals surface area contributed by atoms with Crippen LogP contribution in [0.1, 0.15) is 50.7 Å². The van der Waals surface area contributed by atoms with Crippen molar-refractivity contribution in [1.82, 2.24) is 0 Å². The van der Waals surface area contributed by atoms with Crippen molar-refractivity contribution in [3.8, 4) is 0 Å². The second-order valence-corrected chi connectivity index (χ2v) is 4.75. The Bertz CT molecular complexity index is 342. The maximum atomic E-state index is 4.54. The van der Waals surface area contributed by atoms with Crippen LogP contribution in [-0.2, 0) is 0 Å². The highest BCUT2D eigenvalue weighted by atomic mass is 14.7. The summed E-state index contributed by atoms with van der Waals surface area (Å²) in [5.41, 5.74) is 3.89. The molecule has 94 valence electrons. The fourth-order valence-electron chi connectivity index (χ4n) is 2.39. The molecular formula is C16H25N. The van der Waals surface area contributed by atoms with Gasteiger partial charge in [0.1, 0.15) is 0 Å². The first-order valence-corrected chi connectivity index (χ1v) is 6.76. The number of aliphatic imine (C=N–C) groups is 1. The van der Waals surface area contributed by atoms with Gasteiger partial charge in [-0.2, -0.15) is 0 Å². The SMILES string of the molecule is CCCC(CCC)C(=NC)c1ccc(C)cc1. The van der Waals surface area contributed by atoms with Crippen LogP contribution < -0.4 is 0 Å². The lowest BCUT2D eigenvalue weighted by molar-refractivity contribution is 0.559. The highest BCUT2D eigenvalue weighted by Crippen LogP contribution is 2.20. The van der Waals surface area contributed by atoms with E-state index in [1.165, 1.54) is 42.5 Å². The Balaban J connectivity index is 2.92. The lowest BCUT2D eigenvalue weighted by Gasteiger charge is -2.18. The van der Waals surface area contributed by atoms with E-state index >= 15 is 0 Å². The second-order valence-electron chi connectivity index (χ2n) is 4.75. The monoisotopic (exact) mass is 231 g/mol. The summed E-state index contributed by atoms with van der Waals surface area (Å²) in [7, 11) is 1.92. The smallest absolute Gasteiger partial charge is 0.0447 e. The Kier molecular flexibility index (Phi) is 5.96. The van der Waals surface area contributed by atoms with Gasteiger partial charge in [-0.15, -0.1) is 0 Å². The first-order valence-electron chi connectivity index (χ1n) is 6.76. The molecule has 0 radical (unpaired) electrons. The van der Waals surface area contributed by atoms with Crippen molar-refractivity contribution in [3.05, 3.63) is 35.4 Å². The molecule has 1 aromatic carbocycles. The standard InChI is InChI=1S/C16H25N/c1-5-7-14(8-6-2)16(17-4)15-11-9-13(3)10-12-15/h9-12,14H,5-8H2,1-4H3. The Morgan fingerprint density at radius 1 is 1.06 bits per heavy atom. The molecule has 0 atom stereocenters. The first kappa shape index (κ1) is 14.0. The molecule has 0 fully saturated rings. The summed E-state index contributed by atoms with van der Waals surface area (Å²) in [5, 5.41) is 0. The van der Waals surface area contributed by atoms with Crippen molar-refractivity contribution in [2.24, 2.45) is 10.9 Å². The van der Waals surface area contributed by atoms with Crippen LogP contribution in [0.2, 0.25) is 0 Å². The average molecular weight is 231 g/mol. The minimum Gasteiger partial charge on any atom is -0.292 e. The molecule has 0 aromatic heterocycles. The molecule has 0 amide bonds. The van der Waals surface area contributed by atoms with Gasteiger partial charge in [-0.1, -0.05) is 56.5 Å². The molecule has 0 saturated heterocycles. The van der Waals surface area contributed by atoms with Gasteiger partial charge < -0.3 is 0 Å². The van der Waals surface area contributed by atoms with E-state index in [0.29, 0.717) is 5.92 Å².